The van der Waals surface area contributed by atoms with Gasteiger partial charge >= 0.3 is 0 Å². The van der Waals surface area contributed by atoms with Crippen LogP contribution in [0.2, 0.25) is 0 Å². The van der Waals surface area contributed by atoms with Crippen LogP contribution in [0, 0.1) is 25.5 Å². The van der Waals surface area contributed by atoms with Crippen molar-refractivity contribution < 1.29 is 18.4 Å². The van der Waals surface area contributed by atoms with Gasteiger partial charge in [-0.3, -0.25) is 14.2 Å². The number of aryl methyl sites for hydroxylation is 2. The van der Waals surface area contributed by atoms with Crippen LogP contribution in [0.25, 0.3) is 5.69 Å². The van der Waals surface area contributed by atoms with Crippen molar-refractivity contribution in [2.75, 3.05) is 11.1 Å². The molecule has 0 saturated heterocycles. The fourth-order valence-electron chi connectivity index (χ4n) is 3.38. The van der Waals surface area contributed by atoms with E-state index in [0.717, 1.165) is 22.9 Å². The molecule has 0 unspecified atom stereocenters. The lowest BCUT2D eigenvalue weighted by Crippen LogP contribution is -2.24. The van der Waals surface area contributed by atoms with Gasteiger partial charge in [0, 0.05) is 11.3 Å². The van der Waals surface area contributed by atoms with Crippen LogP contribution < -0.4 is 10.6 Å². The van der Waals surface area contributed by atoms with Gasteiger partial charge in [0.25, 0.3) is 5.91 Å². The van der Waals surface area contributed by atoms with Crippen molar-refractivity contribution in [1.82, 2.24) is 20.1 Å². The Labute approximate surface area is 210 Å². The molecule has 4 rings (SSSR count). The smallest absolute Gasteiger partial charge is 0.251 e. The molecule has 4 aromatic rings. The highest BCUT2D eigenvalue weighted by molar-refractivity contribution is 7.99. The first-order valence-electron chi connectivity index (χ1n) is 11.0. The van der Waals surface area contributed by atoms with Crippen molar-refractivity contribution >= 4 is 29.3 Å². The van der Waals surface area contributed by atoms with Crippen LogP contribution in [0.5, 0.6) is 0 Å². The Balaban J connectivity index is 1.51. The molecule has 0 fully saturated rings. The first-order chi connectivity index (χ1) is 17.3. The highest BCUT2D eigenvalue weighted by atomic mass is 32.2. The van der Waals surface area contributed by atoms with Gasteiger partial charge in [0.1, 0.15) is 11.6 Å². The maximum atomic E-state index is 13.8. The lowest BCUT2D eigenvalue weighted by molar-refractivity contribution is -0.113. The minimum absolute atomic E-state index is 0.0537. The van der Waals surface area contributed by atoms with Crippen molar-refractivity contribution in [2.24, 2.45) is 0 Å². The number of rotatable bonds is 8. The largest absolute Gasteiger partial charge is 0.345 e. The molecule has 0 aliphatic rings. The topological polar surface area (TPSA) is 88.9 Å². The van der Waals surface area contributed by atoms with E-state index in [9.17, 15) is 18.4 Å². The molecule has 0 radical (unpaired) electrons. The van der Waals surface area contributed by atoms with Gasteiger partial charge in [-0.1, -0.05) is 30.0 Å². The number of para-hydroxylation sites is 1. The molecule has 0 saturated carbocycles. The Bertz CT molecular complexity index is 1410. The molecular formula is C26H23F2N5O2S. The summed E-state index contributed by atoms with van der Waals surface area (Å²) < 4.78 is 29.0. The minimum atomic E-state index is -0.535. The standard InChI is InChI=1S/C26H23F2N5O2S/c1-16-7-8-18(13-17(16)2)25(35)29-14-23-31-32-26(33(23)20-11-9-19(27)10-12-20)36-15-24(34)30-22-6-4-3-5-21(22)28/h3-13H,14-15H2,1-2H3,(H,29,35)(H,30,34). The number of carbonyl (C=O) groups excluding carboxylic acids is 2. The first kappa shape index (κ1) is 25.1. The zero-order valence-corrected chi connectivity index (χ0v) is 20.4. The fourth-order valence-corrected chi connectivity index (χ4v) is 4.15. The van der Waals surface area contributed by atoms with Crippen LogP contribution in [-0.2, 0) is 11.3 Å². The average molecular weight is 508 g/mol. The number of aromatic nitrogens is 3. The second kappa shape index (κ2) is 11.1. The maximum Gasteiger partial charge on any atom is 0.251 e. The molecule has 2 N–H and O–H groups in total. The summed E-state index contributed by atoms with van der Waals surface area (Å²) in [6.07, 6.45) is 0. The molecule has 3 aromatic carbocycles. The molecular weight excluding hydrogens is 484 g/mol. The molecule has 0 aliphatic carbocycles. The molecule has 36 heavy (non-hydrogen) atoms. The number of anilines is 1. The number of amides is 2. The first-order valence-corrected chi connectivity index (χ1v) is 12.0. The molecule has 184 valence electrons. The van der Waals surface area contributed by atoms with Gasteiger partial charge in [0.05, 0.1) is 18.0 Å². The van der Waals surface area contributed by atoms with E-state index >= 15 is 0 Å². The Morgan fingerprint density at radius 1 is 0.944 bits per heavy atom. The predicted octanol–water partition coefficient (Wildman–Crippen LogP) is 4.82. The molecule has 7 nitrogen and oxygen atoms in total. The average Bonchev–Trinajstić information content (AvgIpc) is 3.27. The minimum Gasteiger partial charge on any atom is -0.345 e. The van der Waals surface area contributed by atoms with Crippen molar-refractivity contribution in [3.8, 4) is 5.69 Å². The molecule has 0 bridgehead atoms. The molecule has 0 aliphatic heterocycles. The summed E-state index contributed by atoms with van der Waals surface area (Å²) in [5, 5.41) is 14.1. The van der Waals surface area contributed by atoms with Crippen LogP contribution in [-0.4, -0.2) is 32.3 Å². The number of nitrogens with zero attached hydrogens (tertiary/aromatic N) is 3. The van der Waals surface area contributed by atoms with E-state index in [1.165, 1.54) is 30.3 Å². The van der Waals surface area contributed by atoms with Gasteiger partial charge in [0.2, 0.25) is 5.91 Å². The van der Waals surface area contributed by atoms with E-state index in [-0.39, 0.29) is 23.9 Å². The van der Waals surface area contributed by atoms with Crippen LogP contribution in [0.15, 0.2) is 71.9 Å². The van der Waals surface area contributed by atoms with Gasteiger partial charge < -0.3 is 10.6 Å². The molecule has 1 aromatic heterocycles. The maximum absolute atomic E-state index is 13.8. The molecule has 0 atom stereocenters. The molecule has 10 heteroatoms. The van der Waals surface area contributed by atoms with Gasteiger partial charge in [-0.05, 0) is 73.5 Å². The number of thioether (sulfide) groups is 1. The van der Waals surface area contributed by atoms with Gasteiger partial charge in [-0.25, -0.2) is 8.78 Å². The SMILES string of the molecule is Cc1ccc(C(=O)NCc2nnc(SCC(=O)Nc3ccccc3F)n2-c2ccc(F)cc2)cc1C. The number of carbonyl (C=O) groups is 2. The van der Waals surface area contributed by atoms with Crippen molar-refractivity contribution in [1.29, 1.82) is 0 Å². The van der Waals surface area contributed by atoms with E-state index in [1.54, 1.807) is 28.8 Å². The Kier molecular flexibility index (Phi) is 7.74. The zero-order chi connectivity index (χ0) is 25.7. The van der Waals surface area contributed by atoms with Crippen LogP contribution in [0.3, 0.4) is 0 Å². The molecule has 1 heterocycles. The number of halogens is 2. The lowest BCUT2D eigenvalue weighted by atomic mass is 10.1. The van der Waals surface area contributed by atoms with Crippen molar-refractivity contribution in [3.05, 3.63) is 101 Å². The highest BCUT2D eigenvalue weighted by Gasteiger charge is 2.18. The number of nitrogens with one attached hydrogen (secondary N) is 2. The summed E-state index contributed by atoms with van der Waals surface area (Å²) in [6.45, 7) is 3.96. The highest BCUT2D eigenvalue weighted by Crippen LogP contribution is 2.23. The molecule has 0 spiro atoms. The number of hydrogen-bond donors (Lipinski definition) is 2. The fraction of sp³-hybridized carbons (Fsp3) is 0.154. The Hall–Kier alpha value is -4.05. The Morgan fingerprint density at radius 3 is 2.42 bits per heavy atom. The van der Waals surface area contributed by atoms with E-state index in [4.69, 9.17) is 0 Å². The van der Waals surface area contributed by atoms with Crippen LogP contribution in [0.1, 0.15) is 27.3 Å². The quantitative estimate of drug-likeness (QED) is 0.334. The zero-order valence-electron chi connectivity index (χ0n) is 19.6. The van der Waals surface area contributed by atoms with E-state index in [2.05, 4.69) is 20.8 Å². The predicted molar refractivity (Wildman–Crippen MR) is 134 cm³/mol. The second-order valence-electron chi connectivity index (χ2n) is 8.01. The monoisotopic (exact) mass is 507 g/mol. The summed E-state index contributed by atoms with van der Waals surface area (Å²) in [6, 6.07) is 17.0. The summed E-state index contributed by atoms with van der Waals surface area (Å²) in [5.74, 6) is -1.31. The van der Waals surface area contributed by atoms with Gasteiger partial charge in [-0.2, -0.15) is 0 Å². The third-order valence-electron chi connectivity index (χ3n) is 5.44. The summed E-state index contributed by atoms with van der Waals surface area (Å²) in [7, 11) is 0. The van der Waals surface area contributed by atoms with Gasteiger partial charge in [0.15, 0.2) is 11.0 Å². The van der Waals surface area contributed by atoms with Crippen molar-refractivity contribution in [3.63, 3.8) is 0 Å². The van der Waals surface area contributed by atoms with Gasteiger partial charge in [-0.15, -0.1) is 10.2 Å². The Morgan fingerprint density at radius 2 is 1.69 bits per heavy atom. The third kappa shape index (κ3) is 5.95. The van der Waals surface area contributed by atoms with E-state index in [0.29, 0.717) is 22.2 Å². The van der Waals surface area contributed by atoms with Crippen LogP contribution >= 0.6 is 11.8 Å². The van der Waals surface area contributed by atoms with E-state index in [1.807, 2.05) is 26.0 Å². The summed E-state index contributed by atoms with van der Waals surface area (Å²) in [4.78, 5) is 25.1. The van der Waals surface area contributed by atoms with Crippen molar-refractivity contribution in [2.45, 2.75) is 25.5 Å². The normalized spacial score (nSPS) is 10.8. The third-order valence-corrected chi connectivity index (χ3v) is 6.37. The summed E-state index contributed by atoms with van der Waals surface area (Å²) >= 11 is 1.08. The summed E-state index contributed by atoms with van der Waals surface area (Å²) in [5.41, 5.74) is 3.25. The molecule has 2 amide bonds. The van der Waals surface area contributed by atoms with Crippen LogP contribution in [0.4, 0.5) is 14.5 Å². The number of benzene rings is 3. The number of hydrogen-bond acceptors (Lipinski definition) is 5. The second-order valence-corrected chi connectivity index (χ2v) is 8.95. The van der Waals surface area contributed by atoms with E-state index < -0.39 is 17.5 Å². The lowest BCUT2D eigenvalue weighted by Gasteiger charge is -2.12.